The molecule has 0 aromatic heterocycles. The molecule has 2 amide bonds. The predicted molar refractivity (Wildman–Crippen MR) is 139 cm³/mol. The van der Waals surface area contributed by atoms with E-state index in [0.717, 1.165) is 12.1 Å². The van der Waals surface area contributed by atoms with Crippen molar-refractivity contribution in [2.45, 2.75) is 18.1 Å². The van der Waals surface area contributed by atoms with Crippen LogP contribution in [-0.4, -0.2) is 47.8 Å². The Kier molecular flexibility index (Phi) is 7.93. The zero-order valence-electron chi connectivity index (χ0n) is 19.8. The van der Waals surface area contributed by atoms with Gasteiger partial charge >= 0.3 is 6.18 Å². The van der Waals surface area contributed by atoms with Gasteiger partial charge in [-0.2, -0.15) is 18.4 Å². The van der Waals surface area contributed by atoms with E-state index in [1.165, 1.54) is 30.1 Å². The minimum Gasteiger partial charge on any atom is -0.336 e. The first kappa shape index (κ1) is 27.8. The number of hydrogen-bond donors (Lipinski definition) is 0. The quantitative estimate of drug-likeness (QED) is 0.337. The van der Waals surface area contributed by atoms with Crippen LogP contribution in [-0.2, 0) is 6.18 Å². The molecule has 0 spiro atoms. The fourth-order valence-corrected chi connectivity index (χ4v) is 5.05. The molecule has 5 nitrogen and oxygen atoms in total. The molecular weight excluding hydrogens is 562 g/mol. The molecule has 1 heterocycles. The molecule has 2 unspecified atom stereocenters. The van der Waals surface area contributed by atoms with Crippen molar-refractivity contribution in [3.63, 3.8) is 0 Å². The number of nitriles is 1. The van der Waals surface area contributed by atoms with Crippen molar-refractivity contribution in [3.05, 3.63) is 104 Å². The van der Waals surface area contributed by atoms with E-state index < -0.39 is 34.6 Å². The maximum absolute atomic E-state index is 13.4. The minimum absolute atomic E-state index is 0.117. The number of benzene rings is 3. The van der Waals surface area contributed by atoms with Crippen LogP contribution in [0.4, 0.5) is 13.2 Å². The Hall–Kier alpha value is -3.25. The highest BCUT2D eigenvalue weighted by Gasteiger charge is 2.41. The Morgan fingerprint density at radius 1 is 0.921 bits per heavy atom. The van der Waals surface area contributed by atoms with Gasteiger partial charge in [0.05, 0.1) is 38.3 Å². The first-order chi connectivity index (χ1) is 17.9. The molecule has 1 fully saturated rings. The lowest BCUT2D eigenvalue weighted by Crippen LogP contribution is -2.42. The number of halogens is 6. The van der Waals surface area contributed by atoms with Crippen LogP contribution in [0.15, 0.2) is 60.7 Å². The highest BCUT2D eigenvalue weighted by molar-refractivity contribution is 6.42. The smallest absolute Gasteiger partial charge is 0.336 e. The first-order valence-electron chi connectivity index (χ1n) is 11.3. The zero-order valence-corrected chi connectivity index (χ0v) is 22.0. The Bertz CT molecular complexity index is 1440. The van der Waals surface area contributed by atoms with Gasteiger partial charge in [-0.3, -0.25) is 9.59 Å². The van der Waals surface area contributed by atoms with Gasteiger partial charge in [-0.15, -0.1) is 0 Å². The van der Waals surface area contributed by atoms with Crippen LogP contribution in [0, 0.1) is 11.3 Å². The molecule has 38 heavy (non-hydrogen) atoms. The van der Waals surface area contributed by atoms with Gasteiger partial charge in [0.1, 0.15) is 0 Å². The third-order valence-electron chi connectivity index (χ3n) is 6.55. The molecule has 3 aromatic carbocycles. The number of alkyl halides is 3. The Morgan fingerprint density at radius 3 is 2.16 bits per heavy atom. The Balaban J connectivity index is 1.68. The van der Waals surface area contributed by atoms with Gasteiger partial charge in [0, 0.05) is 37.2 Å². The van der Waals surface area contributed by atoms with E-state index in [4.69, 9.17) is 40.1 Å². The van der Waals surface area contributed by atoms with E-state index in [-0.39, 0.29) is 24.6 Å². The molecule has 11 heteroatoms. The monoisotopic (exact) mass is 579 g/mol. The third-order valence-corrected chi connectivity index (χ3v) is 7.61. The van der Waals surface area contributed by atoms with Crippen LogP contribution in [0.25, 0.3) is 0 Å². The number of likely N-dealkylation sites (tertiary alicyclic amines) is 1. The Morgan fingerprint density at radius 2 is 1.55 bits per heavy atom. The van der Waals surface area contributed by atoms with Gasteiger partial charge in [-0.1, -0.05) is 40.9 Å². The molecule has 0 bridgehead atoms. The molecule has 1 aliphatic rings. The molecule has 1 saturated heterocycles. The van der Waals surface area contributed by atoms with Crippen molar-refractivity contribution in [1.82, 2.24) is 9.80 Å². The third kappa shape index (κ3) is 5.60. The molecule has 1 aliphatic heterocycles. The van der Waals surface area contributed by atoms with E-state index in [1.54, 1.807) is 35.2 Å². The number of hydrogen-bond acceptors (Lipinski definition) is 3. The first-order valence-corrected chi connectivity index (χ1v) is 12.4. The summed E-state index contributed by atoms with van der Waals surface area (Å²) in [4.78, 5) is 29.6. The molecule has 0 saturated carbocycles. The van der Waals surface area contributed by atoms with E-state index in [1.807, 2.05) is 6.07 Å². The van der Waals surface area contributed by atoms with Gasteiger partial charge in [0.25, 0.3) is 11.8 Å². The molecule has 196 valence electrons. The standard InChI is InChI=1S/C27H19Cl3F3N3O2/c1-35(25(37)18-7-8-21(28)20(10-18)27(31,32)33)24-14-36(26(38)16-4-2-15(12-34)3-5-16)13-19(24)17-6-9-22(29)23(30)11-17/h2-11,19,24H,13-14H2,1H3. The second-order valence-electron chi connectivity index (χ2n) is 8.86. The lowest BCUT2D eigenvalue weighted by molar-refractivity contribution is -0.137. The molecule has 4 rings (SSSR count). The SMILES string of the molecule is CN(C(=O)c1ccc(Cl)c(C(F)(F)F)c1)C1CN(C(=O)c2ccc(C#N)cc2)CC1c1ccc(Cl)c(Cl)c1. The number of carbonyl (C=O) groups excluding carboxylic acids is 2. The number of carbonyl (C=O) groups is 2. The summed E-state index contributed by atoms with van der Waals surface area (Å²) in [6.07, 6.45) is -4.73. The summed E-state index contributed by atoms with van der Waals surface area (Å²) in [5.74, 6) is -1.38. The Labute approximate surface area is 231 Å². The van der Waals surface area contributed by atoms with Crippen molar-refractivity contribution in [2.75, 3.05) is 20.1 Å². The molecule has 0 N–H and O–H groups in total. The minimum atomic E-state index is -4.73. The van der Waals surface area contributed by atoms with E-state index in [0.29, 0.717) is 26.7 Å². The molecule has 3 aromatic rings. The highest BCUT2D eigenvalue weighted by Crippen LogP contribution is 2.37. The van der Waals surface area contributed by atoms with Crippen LogP contribution in [0.1, 0.15) is 43.3 Å². The summed E-state index contributed by atoms with van der Waals surface area (Å²) < 4.78 is 40.2. The summed E-state index contributed by atoms with van der Waals surface area (Å²) >= 11 is 18.0. The number of rotatable bonds is 4. The lowest BCUT2D eigenvalue weighted by atomic mass is 9.93. The summed E-state index contributed by atoms with van der Waals surface area (Å²) in [6, 6.07) is 15.6. The zero-order chi connectivity index (χ0) is 27.8. The van der Waals surface area contributed by atoms with Crippen molar-refractivity contribution in [1.29, 1.82) is 5.26 Å². The summed E-state index contributed by atoms with van der Waals surface area (Å²) in [5, 5.41) is 9.15. The topological polar surface area (TPSA) is 64.4 Å². The van der Waals surface area contributed by atoms with Crippen LogP contribution in [0.2, 0.25) is 15.1 Å². The van der Waals surface area contributed by atoms with Crippen molar-refractivity contribution < 1.29 is 22.8 Å². The van der Waals surface area contributed by atoms with Crippen molar-refractivity contribution in [2.24, 2.45) is 0 Å². The highest BCUT2D eigenvalue weighted by atomic mass is 35.5. The van der Waals surface area contributed by atoms with Crippen LogP contribution >= 0.6 is 34.8 Å². The van der Waals surface area contributed by atoms with Gasteiger partial charge in [0.2, 0.25) is 0 Å². The van der Waals surface area contributed by atoms with Crippen LogP contribution < -0.4 is 0 Å². The average Bonchev–Trinajstić information content (AvgIpc) is 3.34. The van der Waals surface area contributed by atoms with E-state index in [9.17, 15) is 22.8 Å². The number of likely N-dealkylation sites (N-methyl/N-ethyl adjacent to an activating group) is 1. The maximum Gasteiger partial charge on any atom is 0.417 e. The second-order valence-corrected chi connectivity index (χ2v) is 10.1. The van der Waals surface area contributed by atoms with E-state index >= 15 is 0 Å². The summed E-state index contributed by atoms with van der Waals surface area (Å²) in [5.41, 5.74) is 0.184. The van der Waals surface area contributed by atoms with Gasteiger partial charge in [0.15, 0.2) is 0 Å². The average molecular weight is 581 g/mol. The normalized spacial score (nSPS) is 17.3. The maximum atomic E-state index is 13.4. The number of amides is 2. The molecule has 0 radical (unpaired) electrons. The largest absolute Gasteiger partial charge is 0.417 e. The van der Waals surface area contributed by atoms with Crippen molar-refractivity contribution in [3.8, 4) is 6.07 Å². The van der Waals surface area contributed by atoms with Crippen molar-refractivity contribution >= 4 is 46.6 Å². The molecule has 2 atom stereocenters. The van der Waals surface area contributed by atoms with Gasteiger partial charge < -0.3 is 9.80 Å². The van der Waals surface area contributed by atoms with Crippen LogP contribution in [0.5, 0.6) is 0 Å². The summed E-state index contributed by atoms with van der Waals surface area (Å²) in [6.45, 7) is 0.333. The van der Waals surface area contributed by atoms with Crippen LogP contribution in [0.3, 0.4) is 0 Å². The lowest BCUT2D eigenvalue weighted by Gasteiger charge is -2.29. The van der Waals surface area contributed by atoms with Gasteiger partial charge in [-0.25, -0.2) is 0 Å². The second kappa shape index (κ2) is 10.9. The number of nitrogens with zero attached hydrogens (tertiary/aromatic N) is 3. The molecular formula is C27H19Cl3F3N3O2. The van der Waals surface area contributed by atoms with Gasteiger partial charge in [-0.05, 0) is 60.2 Å². The summed E-state index contributed by atoms with van der Waals surface area (Å²) in [7, 11) is 1.48. The fourth-order valence-electron chi connectivity index (χ4n) is 4.52. The van der Waals surface area contributed by atoms with E-state index in [2.05, 4.69) is 0 Å². The predicted octanol–water partition coefficient (Wildman–Crippen LogP) is 6.92. The molecule has 0 aliphatic carbocycles. The fraction of sp³-hybridized carbons (Fsp3) is 0.222.